The zero-order chi connectivity index (χ0) is 13.8. The molecular formula is C16H15NO2. The van der Waals surface area contributed by atoms with Gasteiger partial charge in [0.25, 0.3) is 0 Å². The van der Waals surface area contributed by atoms with Crippen molar-refractivity contribution < 1.29 is 9.53 Å². The molecule has 0 aromatic heterocycles. The largest absolute Gasteiger partial charge is 0.462 e. The van der Waals surface area contributed by atoms with Gasteiger partial charge in [-0.2, -0.15) is 5.26 Å². The molecule has 0 radical (unpaired) electrons. The molecular weight excluding hydrogens is 238 g/mol. The van der Waals surface area contributed by atoms with Crippen LogP contribution in [0.25, 0.3) is 10.8 Å². The number of carbonyl (C=O) groups is 1. The number of rotatable bonds is 3. The fraction of sp³-hybridized carbons (Fsp3) is 0.250. The van der Waals surface area contributed by atoms with E-state index in [1.165, 1.54) is 0 Å². The van der Waals surface area contributed by atoms with Crippen molar-refractivity contribution in [2.24, 2.45) is 0 Å². The molecule has 3 heteroatoms. The number of nitriles is 1. The summed E-state index contributed by atoms with van der Waals surface area (Å²) in [5.74, 6) is -0.354. The lowest BCUT2D eigenvalue weighted by molar-refractivity contribution is 0.0527. The molecule has 0 atom stereocenters. The van der Waals surface area contributed by atoms with Crippen LogP contribution >= 0.6 is 0 Å². The molecule has 0 fully saturated rings. The summed E-state index contributed by atoms with van der Waals surface area (Å²) in [6.07, 6.45) is 0.627. The van der Waals surface area contributed by atoms with E-state index >= 15 is 0 Å². The minimum atomic E-state index is -0.354. The monoisotopic (exact) mass is 253 g/mol. The third-order valence-electron chi connectivity index (χ3n) is 3.11. The summed E-state index contributed by atoms with van der Waals surface area (Å²) in [7, 11) is 0. The van der Waals surface area contributed by atoms with Crippen molar-refractivity contribution in [2.75, 3.05) is 6.61 Å². The molecule has 0 amide bonds. The first-order valence-electron chi connectivity index (χ1n) is 6.34. The Morgan fingerprint density at radius 2 is 2.05 bits per heavy atom. The summed E-state index contributed by atoms with van der Waals surface area (Å²) in [5.41, 5.74) is 1.84. The van der Waals surface area contributed by atoms with Gasteiger partial charge in [-0.25, -0.2) is 4.79 Å². The lowest BCUT2D eigenvalue weighted by atomic mass is 9.93. The third kappa shape index (κ3) is 2.30. The van der Waals surface area contributed by atoms with E-state index in [9.17, 15) is 10.1 Å². The van der Waals surface area contributed by atoms with E-state index in [0.717, 1.165) is 16.3 Å². The van der Waals surface area contributed by atoms with Crippen LogP contribution in [0.1, 0.15) is 35.3 Å². The molecule has 0 aliphatic carbocycles. The molecule has 0 unspecified atom stereocenters. The Hall–Kier alpha value is -2.34. The summed E-state index contributed by atoms with van der Waals surface area (Å²) in [6, 6.07) is 11.6. The molecule has 2 aromatic rings. The standard InChI is InChI=1S/C16H15NO2/c1-3-13-12(10-17)9-11-7-5-6-8-14(11)15(13)16(18)19-4-2/h5-9H,3-4H2,1-2H3. The number of fused-ring (bicyclic) bond motifs is 1. The summed E-state index contributed by atoms with van der Waals surface area (Å²) < 4.78 is 5.13. The van der Waals surface area contributed by atoms with Gasteiger partial charge < -0.3 is 4.74 Å². The van der Waals surface area contributed by atoms with Crippen LogP contribution in [0.15, 0.2) is 30.3 Å². The molecule has 2 rings (SSSR count). The molecule has 3 nitrogen and oxygen atoms in total. The number of esters is 1. The fourth-order valence-corrected chi connectivity index (χ4v) is 2.29. The predicted molar refractivity (Wildman–Crippen MR) is 74.0 cm³/mol. The summed E-state index contributed by atoms with van der Waals surface area (Å²) >= 11 is 0. The first-order chi connectivity index (χ1) is 9.22. The van der Waals surface area contributed by atoms with Crippen molar-refractivity contribution >= 4 is 16.7 Å². The highest BCUT2D eigenvalue weighted by Crippen LogP contribution is 2.27. The fourth-order valence-electron chi connectivity index (χ4n) is 2.29. The second-order valence-corrected chi connectivity index (χ2v) is 4.18. The average Bonchev–Trinajstić information content (AvgIpc) is 2.45. The quantitative estimate of drug-likeness (QED) is 0.787. The zero-order valence-corrected chi connectivity index (χ0v) is 11.1. The van der Waals surface area contributed by atoms with Crippen molar-refractivity contribution in [3.8, 4) is 6.07 Å². The van der Waals surface area contributed by atoms with Crippen LogP contribution < -0.4 is 0 Å². The predicted octanol–water partition coefficient (Wildman–Crippen LogP) is 3.45. The SMILES string of the molecule is CCOC(=O)c1c(CC)c(C#N)cc2ccccc12. The van der Waals surface area contributed by atoms with E-state index in [0.29, 0.717) is 24.2 Å². The first kappa shape index (κ1) is 13.1. The Bertz CT molecular complexity index is 668. The minimum absolute atomic E-state index is 0.326. The highest BCUT2D eigenvalue weighted by Gasteiger charge is 2.19. The van der Waals surface area contributed by atoms with E-state index in [1.54, 1.807) is 6.92 Å². The Balaban J connectivity index is 2.82. The van der Waals surface area contributed by atoms with Gasteiger partial charge >= 0.3 is 5.97 Å². The van der Waals surface area contributed by atoms with Gasteiger partial charge in [0.05, 0.1) is 23.8 Å². The Morgan fingerprint density at radius 3 is 2.68 bits per heavy atom. The normalized spacial score (nSPS) is 10.2. The third-order valence-corrected chi connectivity index (χ3v) is 3.11. The lowest BCUT2D eigenvalue weighted by Crippen LogP contribution is -2.10. The van der Waals surface area contributed by atoms with Gasteiger partial charge in [-0.15, -0.1) is 0 Å². The molecule has 0 N–H and O–H groups in total. The molecule has 0 heterocycles. The van der Waals surface area contributed by atoms with Crippen molar-refractivity contribution in [1.29, 1.82) is 5.26 Å². The van der Waals surface area contributed by atoms with Crippen molar-refractivity contribution in [2.45, 2.75) is 20.3 Å². The highest BCUT2D eigenvalue weighted by atomic mass is 16.5. The first-order valence-corrected chi connectivity index (χ1v) is 6.34. The van der Waals surface area contributed by atoms with E-state index < -0.39 is 0 Å². The van der Waals surface area contributed by atoms with E-state index in [2.05, 4.69) is 6.07 Å². The van der Waals surface area contributed by atoms with Gasteiger partial charge in [0.15, 0.2) is 0 Å². The van der Waals surface area contributed by atoms with Gasteiger partial charge in [0.1, 0.15) is 0 Å². The summed E-state index contributed by atoms with van der Waals surface area (Å²) in [4.78, 5) is 12.2. The van der Waals surface area contributed by atoms with Crippen LogP contribution in [0, 0.1) is 11.3 Å². The molecule has 0 saturated carbocycles. The van der Waals surface area contributed by atoms with Gasteiger partial charge in [-0.05, 0) is 35.7 Å². The number of nitrogens with zero attached hydrogens (tertiary/aromatic N) is 1. The molecule has 0 aliphatic heterocycles. The second-order valence-electron chi connectivity index (χ2n) is 4.18. The number of benzene rings is 2. The van der Waals surface area contributed by atoms with Crippen LogP contribution in [0.5, 0.6) is 0 Å². The van der Waals surface area contributed by atoms with Gasteiger partial charge in [0.2, 0.25) is 0 Å². The van der Waals surface area contributed by atoms with Gasteiger partial charge in [-0.3, -0.25) is 0 Å². The Morgan fingerprint density at radius 1 is 1.32 bits per heavy atom. The van der Waals surface area contributed by atoms with Crippen LogP contribution in [0.4, 0.5) is 0 Å². The van der Waals surface area contributed by atoms with E-state index in [4.69, 9.17) is 4.74 Å². The lowest BCUT2D eigenvalue weighted by Gasteiger charge is -2.12. The van der Waals surface area contributed by atoms with Gasteiger partial charge in [0, 0.05) is 0 Å². The van der Waals surface area contributed by atoms with Crippen LogP contribution in [0.2, 0.25) is 0 Å². The van der Waals surface area contributed by atoms with Crippen LogP contribution in [-0.2, 0) is 11.2 Å². The maximum atomic E-state index is 12.2. The van der Waals surface area contributed by atoms with Crippen molar-refractivity contribution in [1.82, 2.24) is 0 Å². The summed E-state index contributed by atoms with van der Waals surface area (Å²) in [6.45, 7) is 4.04. The van der Waals surface area contributed by atoms with Crippen molar-refractivity contribution in [3.05, 3.63) is 47.0 Å². The van der Waals surface area contributed by atoms with E-state index in [1.807, 2.05) is 37.3 Å². The maximum absolute atomic E-state index is 12.2. The molecule has 96 valence electrons. The topological polar surface area (TPSA) is 50.1 Å². The molecule has 0 saturated heterocycles. The Labute approximate surface area is 112 Å². The number of hydrogen-bond donors (Lipinski definition) is 0. The minimum Gasteiger partial charge on any atom is -0.462 e. The molecule has 19 heavy (non-hydrogen) atoms. The second kappa shape index (κ2) is 5.53. The Kier molecular flexibility index (Phi) is 3.82. The smallest absolute Gasteiger partial charge is 0.339 e. The molecule has 0 aliphatic rings. The summed E-state index contributed by atoms with van der Waals surface area (Å²) in [5, 5.41) is 11.0. The molecule has 0 bridgehead atoms. The highest BCUT2D eigenvalue weighted by molar-refractivity contribution is 6.06. The zero-order valence-electron chi connectivity index (χ0n) is 11.1. The molecule has 0 spiro atoms. The van der Waals surface area contributed by atoms with Gasteiger partial charge in [-0.1, -0.05) is 31.2 Å². The average molecular weight is 253 g/mol. The van der Waals surface area contributed by atoms with Crippen molar-refractivity contribution in [3.63, 3.8) is 0 Å². The van der Waals surface area contributed by atoms with Crippen LogP contribution in [-0.4, -0.2) is 12.6 Å². The number of ether oxygens (including phenoxy) is 1. The number of carbonyl (C=O) groups excluding carboxylic acids is 1. The van der Waals surface area contributed by atoms with Crippen LogP contribution in [0.3, 0.4) is 0 Å². The van der Waals surface area contributed by atoms with E-state index in [-0.39, 0.29) is 5.97 Å². The molecule has 2 aromatic carbocycles. The maximum Gasteiger partial charge on any atom is 0.339 e. The number of hydrogen-bond acceptors (Lipinski definition) is 3.